The zero-order valence-corrected chi connectivity index (χ0v) is 16.3. The molecule has 1 aliphatic rings. The molecule has 6 nitrogen and oxygen atoms in total. The van der Waals surface area contributed by atoms with E-state index in [-0.39, 0.29) is 4.91 Å². The highest BCUT2D eigenvalue weighted by molar-refractivity contribution is 8.25. The summed E-state index contributed by atoms with van der Waals surface area (Å²) >= 11 is 0. The maximum atomic E-state index is 13.0. The third-order valence-corrected chi connectivity index (χ3v) is 7.89. The number of primary amides is 1. The van der Waals surface area contributed by atoms with Gasteiger partial charge in [0.1, 0.15) is 4.75 Å². The maximum Gasteiger partial charge on any atom is 0.323 e. The lowest BCUT2D eigenvalue weighted by atomic mass is 9.78. The lowest BCUT2D eigenvalue weighted by Gasteiger charge is -2.44. The largest absolute Gasteiger partial charge is 0.481 e. The predicted molar refractivity (Wildman–Crippen MR) is 113 cm³/mol. The molecule has 3 rings (SSSR count). The van der Waals surface area contributed by atoms with Crippen LogP contribution in [0.5, 0.6) is 0 Å². The van der Waals surface area contributed by atoms with Crippen LogP contribution in [0.4, 0.5) is 0 Å². The van der Waals surface area contributed by atoms with E-state index < -0.39 is 45.8 Å². The van der Waals surface area contributed by atoms with E-state index in [1.165, 1.54) is 6.08 Å². The average molecular weight is 411 g/mol. The minimum atomic E-state index is -1.76. The first-order chi connectivity index (χ1) is 13.9. The predicted octanol–water partition coefficient (Wildman–Crippen LogP) is 3.12. The first-order valence-electron chi connectivity index (χ1n) is 8.92. The molecule has 0 saturated heterocycles. The van der Waals surface area contributed by atoms with Gasteiger partial charge in [-0.1, -0.05) is 66.7 Å². The molecule has 4 N–H and O–H groups in total. The summed E-state index contributed by atoms with van der Waals surface area (Å²) in [6.45, 7) is 0. The molecule has 29 heavy (non-hydrogen) atoms. The Morgan fingerprint density at radius 2 is 1.55 bits per heavy atom. The zero-order valence-electron chi connectivity index (χ0n) is 15.4. The van der Waals surface area contributed by atoms with Gasteiger partial charge < -0.3 is 15.9 Å². The van der Waals surface area contributed by atoms with E-state index >= 15 is 0 Å². The molecule has 2 aromatic rings. The van der Waals surface area contributed by atoms with Crippen LogP contribution in [-0.4, -0.2) is 28.1 Å². The van der Waals surface area contributed by atoms with E-state index in [2.05, 4.69) is 0 Å². The minimum Gasteiger partial charge on any atom is -0.481 e. The summed E-state index contributed by atoms with van der Waals surface area (Å²) < 4.78 is -1.68. The summed E-state index contributed by atoms with van der Waals surface area (Å²) in [5.41, 5.74) is 6.58. The fourth-order valence-electron chi connectivity index (χ4n) is 3.83. The highest BCUT2D eigenvalue weighted by atomic mass is 32.2. The smallest absolute Gasteiger partial charge is 0.323 e. The molecule has 3 unspecified atom stereocenters. The first-order valence-corrected chi connectivity index (χ1v) is 10.3. The second-order valence-corrected chi connectivity index (χ2v) is 8.85. The molecule has 0 aromatic heterocycles. The number of amides is 1. The van der Waals surface area contributed by atoms with Crippen molar-refractivity contribution < 1.29 is 24.6 Å². The van der Waals surface area contributed by atoms with Gasteiger partial charge in [-0.3, -0.25) is 14.4 Å². The number of benzene rings is 2. The Balaban J connectivity index is 2.35. The van der Waals surface area contributed by atoms with Gasteiger partial charge >= 0.3 is 11.9 Å². The number of hydrogen-bond acceptors (Lipinski definition) is 3. The fourth-order valence-corrected chi connectivity index (χ4v) is 6.56. The summed E-state index contributed by atoms with van der Waals surface area (Å²) in [4.78, 5) is 37.1. The first kappa shape index (κ1) is 20.4. The van der Waals surface area contributed by atoms with Crippen molar-refractivity contribution in [2.45, 2.75) is 17.1 Å². The number of carboxylic acids is 2. The third-order valence-electron chi connectivity index (χ3n) is 5.01. The molecule has 0 aliphatic carbocycles. The van der Waals surface area contributed by atoms with Crippen molar-refractivity contribution in [1.29, 1.82) is 0 Å². The molecule has 7 heteroatoms. The zero-order chi connectivity index (χ0) is 21.0. The standard InChI is InChI=1S/C22H21NO5S/c23-20(26)18-12-7-13-29(18)22(21(27)28,16-10-5-2-6-11-16)17(14-19(24)25)15-8-3-1-4-9-15/h1-13,17,29H,14H2,(H2,23,26)(H,24,25)(H,27,28). The van der Waals surface area contributed by atoms with Crippen molar-refractivity contribution in [2.75, 3.05) is 0 Å². The summed E-state index contributed by atoms with van der Waals surface area (Å²) in [5.74, 6) is -3.94. The van der Waals surface area contributed by atoms with Crippen LogP contribution in [0.25, 0.3) is 0 Å². The molecule has 1 aliphatic heterocycles. The Bertz CT molecular complexity index is 987. The van der Waals surface area contributed by atoms with Crippen LogP contribution in [0.3, 0.4) is 0 Å². The lowest BCUT2D eigenvalue weighted by molar-refractivity contribution is -0.142. The number of thiol groups is 1. The minimum absolute atomic E-state index is 0.206. The van der Waals surface area contributed by atoms with E-state index in [4.69, 9.17) is 5.73 Å². The van der Waals surface area contributed by atoms with Crippen LogP contribution in [0.15, 0.2) is 83.1 Å². The SMILES string of the molecule is NC(=O)C1=CC=C[SH]1C(C(=O)O)(c1ccccc1)C(CC(=O)O)c1ccccc1. The van der Waals surface area contributed by atoms with Crippen LogP contribution in [-0.2, 0) is 19.1 Å². The Labute approximate surface area is 170 Å². The van der Waals surface area contributed by atoms with Crippen molar-refractivity contribution in [3.8, 4) is 0 Å². The van der Waals surface area contributed by atoms with Gasteiger partial charge in [0.15, 0.2) is 0 Å². The quantitative estimate of drug-likeness (QED) is 0.498. The van der Waals surface area contributed by atoms with Gasteiger partial charge in [0.2, 0.25) is 0 Å². The maximum absolute atomic E-state index is 13.0. The van der Waals surface area contributed by atoms with Crippen LogP contribution in [0.1, 0.15) is 23.5 Å². The number of aliphatic carboxylic acids is 2. The van der Waals surface area contributed by atoms with E-state index in [0.29, 0.717) is 11.1 Å². The second-order valence-electron chi connectivity index (χ2n) is 6.63. The van der Waals surface area contributed by atoms with E-state index in [1.807, 2.05) is 0 Å². The Kier molecular flexibility index (Phi) is 5.89. The highest BCUT2D eigenvalue weighted by Crippen LogP contribution is 2.63. The van der Waals surface area contributed by atoms with Crippen molar-refractivity contribution in [3.63, 3.8) is 0 Å². The van der Waals surface area contributed by atoms with Crippen molar-refractivity contribution in [1.82, 2.24) is 0 Å². The average Bonchev–Trinajstić information content (AvgIpc) is 3.19. The van der Waals surface area contributed by atoms with Crippen LogP contribution >= 0.6 is 10.9 Å². The van der Waals surface area contributed by atoms with E-state index in [9.17, 15) is 24.6 Å². The van der Waals surface area contributed by atoms with Gasteiger partial charge in [0.05, 0.1) is 11.3 Å². The number of allylic oxidation sites excluding steroid dienone is 2. The second kappa shape index (κ2) is 8.36. The molecular formula is C22H21NO5S. The Hall–Kier alpha value is -3.32. The van der Waals surface area contributed by atoms with Gasteiger partial charge in [-0.2, -0.15) is 10.9 Å². The number of hydrogen-bond donors (Lipinski definition) is 4. The molecule has 0 fully saturated rings. The Morgan fingerprint density at radius 3 is 2.07 bits per heavy atom. The lowest BCUT2D eigenvalue weighted by Crippen LogP contribution is -2.43. The van der Waals surface area contributed by atoms with Gasteiger partial charge in [-0.05, 0) is 22.6 Å². The number of carbonyl (C=O) groups excluding carboxylic acids is 1. The molecule has 0 radical (unpaired) electrons. The molecule has 3 atom stereocenters. The third kappa shape index (κ3) is 3.69. The fraction of sp³-hybridized carbons (Fsp3) is 0.136. The molecule has 1 heterocycles. The van der Waals surface area contributed by atoms with Gasteiger partial charge in [-0.25, -0.2) is 0 Å². The van der Waals surface area contributed by atoms with Gasteiger partial charge in [0.25, 0.3) is 5.91 Å². The molecule has 2 aromatic carbocycles. The van der Waals surface area contributed by atoms with E-state index in [0.717, 1.165) is 0 Å². The highest BCUT2D eigenvalue weighted by Gasteiger charge is 2.54. The molecular weight excluding hydrogens is 390 g/mol. The van der Waals surface area contributed by atoms with Crippen LogP contribution < -0.4 is 5.73 Å². The number of nitrogens with two attached hydrogens (primary N) is 1. The Morgan fingerprint density at radius 1 is 0.966 bits per heavy atom. The summed E-state index contributed by atoms with van der Waals surface area (Å²) in [6, 6.07) is 17.2. The van der Waals surface area contributed by atoms with E-state index in [1.54, 1.807) is 72.1 Å². The number of carboxylic acid groups (broad SMARTS) is 2. The summed E-state index contributed by atoms with van der Waals surface area (Å²) in [6.07, 6.45) is 2.73. The van der Waals surface area contributed by atoms with Crippen LogP contribution in [0, 0.1) is 0 Å². The molecule has 1 amide bonds. The van der Waals surface area contributed by atoms with Gasteiger partial charge in [0, 0.05) is 5.92 Å². The molecule has 0 spiro atoms. The topological polar surface area (TPSA) is 118 Å². The normalized spacial score (nSPS) is 19.7. The summed E-state index contributed by atoms with van der Waals surface area (Å²) in [5, 5.41) is 21.9. The number of rotatable bonds is 8. The van der Waals surface area contributed by atoms with Crippen molar-refractivity contribution in [3.05, 3.63) is 94.3 Å². The molecule has 150 valence electrons. The van der Waals surface area contributed by atoms with Gasteiger partial charge in [-0.15, -0.1) is 0 Å². The monoisotopic (exact) mass is 411 g/mol. The number of carbonyl (C=O) groups is 3. The molecule has 0 bridgehead atoms. The van der Waals surface area contributed by atoms with Crippen molar-refractivity contribution >= 4 is 28.7 Å². The summed E-state index contributed by atoms with van der Waals surface area (Å²) in [7, 11) is -1.76. The molecule has 0 saturated carbocycles. The van der Waals surface area contributed by atoms with Crippen LogP contribution in [0.2, 0.25) is 0 Å². The van der Waals surface area contributed by atoms with Crippen molar-refractivity contribution in [2.24, 2.45) is 5.73 Å².